The van der Waals surface area contributed by atoms with Gasteiger partial charge in [-0.1, -0.05) is 31.1 Å². The van der Waals surface area contributed by atoms with Crippen LogP contribution < -0.4 is 4.74 Å². The van der Waals surface area contributed by atoms with Crippen molar-refractivity contribution in [3.8, 4) is 5.75 Å². The van der Waals surface area contributed by atoms with E-state index in [-0.39, 0.29) is 12.5 Å². The normalized spacial score (nSPS) is 12.7. The highest BCUT2D eigenvalue weighted by molar-refractivity contribution is 5.29. The van der Waals surface area contributed by atoms with Gasteiger partial charge in [-0.15, -0.1) is 0 Å². The van der Waals surface area contributed by atoms with E-state index >= 15 is 0 Å². The Labute approximate surface area is 112 Å². The average Bonchev–Trinajstić information content (AvgIpc) is 2.85. The minimum absolute atomic E-state index is 0.225. The van der Waals surface area contributed by atoms with E-state index in [1.807, 2.05) is 32.0 Å². The minimum Gasteiger partial charge on any atom is -0.484 e. The van der Waals surface area contributed by atoms with E-state index in [9.17, 15) is 5.11 Å². The lowest BCUT2D eigenvalue weighted by Gasteiger charge is -2.07. The lowest BCUT2D eigenvalue weighted by atomic mass is 10.1. The fourth-order valence-electron chi connectivity index (χ4n) is 1.57. The maximum Gasteiger partial charge on any atom is 0.264 e. The predicted molar refractivity (Wildman–Crippen MR) is 69.8 cm³/mol. The van der Waals surface area contributed by atoms with Crippen LogP contribution in [0.4, 0.5) is 0 Å². The second-order valence-electron chi connectivity index (χ2n) is 4.74. The Morgan fingerprint density at radius 2 is 2.11 bits per heavy atom. The van der Waals surface area contributed by atoms with E-state index in [1.165, 1.54) is 0 Å². The Kier molecular flexibility index (Phi) is 4.16. The van der Waals surface area contributed by atoms with Crippen molar-refractivity contribution in [2.24, 2.45) is 0 Å². The molecule has 1 atom stereocenters. The maximum absolute atomic E-state index is 9.50. The Bertz CT molecular complexity index is 535. The van der Waals surface area contributed by atoms with Gasteiger partial charge in [0.05, 0.1) is 6.10 Å². The topological polar surface area (TPSA) is 68.4 Å². The molecule has 0 aliphatic heterocycles. The minimum atomic E-state index is -0.514. The van der Waals surface area contributed by atoms with Gasteiger partial charge in [-0.2, -0.15) is 4.98 Å². The maximum atomic E-state index is 9.50. The van der Waals surface area contributed by atoms with Gasteiger partial charge in [-0.05, 0) is 24.6 Å². The second-order valence-corrected chi connectivity index (χ2v) is 4.74. The van der Waals surface area contributed by atoms with Crippen molar-refractivity contribution in [1.29, 1.82) is 0 Å². The molecule has 0 saturated heterocycles. The summed E-state index contributed by atoms with van der Waals surface area (Å²) in [5.74, 6) is 2.03. The highest BCUT2D eigenvalue weighted by Gasteiger charge is 2.10. The second kappa shape index (κ2) is 5.84. The molecule has 5 nitrogen and oxygen atoms in total. The van der Waals surface area contributed by atoms with Crippen molar-refractivity contribution in [3.63, 3.8) is 0 Å². The van der Waals surface area contributed by atoms with Crippen molar-refractivity contribution >= 4 is 0 Å². The summed E-state index contributed by atoms with van der Waals surface area (Å²) in [5.41, 5.74) is 0.811. The highest BCUT2D eigenvalue weighted by atomic mass is 16.5. The lowest BCUT2D eigenvalue weighted by Crippen LogP contribution is -1.98. The first kappa shape index (κ1) is 13.5. The SMILES string of the molecule is CC(C)c1noc(COc2cccc(C(C)O)c2)n1. The number of aliphatic hydroxyl groups excluding tert-OH is 1. The molecule has 2 aromatic rings. The van der Waals surface area contributed by atoms with E-state index in [4.69, 9.17) is 9.26 Å². The number of hydrogen-bond acceptors (Lipinski definition) is 5. The van der Waals surface area contributed by atoms with Gasteiger partial charge in [0.1, 0.15) is 5.75 Å². The molecule has 0 radical (unpaired) electrons. The van der Waals surface area contributed by atoms with Crippen LogP contribution in [0.25, 0.3) is 0 Å². The van der Waals surface area contributed by atoms with Crippen molar-refractivity contribution in [2.75, 3.05) is 0 Å². The molecule has 1 heterocycles. The summed E-state index contributed by atoms with van der Waals surface area (Å²) < 4.78 is 10.7. The molecule has 2 rings (SSSR count). The number of nitrogens with zero attached hydrogens (tertiary/aromatic N) is 2. The first-order chi connectivity index (χ1) is 9.06. The van der Waals surface area contributed by atoms with Crippen LogP contribution in [-0.2, 0) is 6.61 Å². The molecule has 5 heteroatoms. The standard InChI is InChI=1S/C14H18N2O3/c1-9(2)14-15-13(19-16-14)8-18-12-6-4-5-11(7-12)10(3)17/h4-7,9-10,17H,8H2,1-3H3. The molecule has 0 bridgehead atoms. The van der Waals surface area contributed by atoms with Crippen molar-refractivity contribution in [3.05, 3.63) is 41.5 Å². The van der Waals surface area contributed by atoms with Crippen molar-refractivity contribution in [1.82, 2.24) is 10.1 Å². The van der Waals surface area contributed by atoms with Gasteiger partial charge < -0.3 is 14.4 Å². The molecule has 1 N–H and O–H groups in total. The number of hydrogen-bond donors (Lipinski definition) is 1. The Balaban J connectivity index is 1.99. The van der Waals surface area contributed by atoms with Crippen LogP contribution in [-0.4, -0.2) is 15.2 Å². The molecule has 0 fully saturated rings. The number of aliphatic hydroxyl groups is 1. The van der Waals surface area contributed by atoms with Crippen LogP contribution in [0.3, 0.4) is 0 Å². The number of aromatic nitrogens is 2. The molecular weight excluding hydrogens is 244 g/mol. The number of rotatable bonds is 5. The van der Waals surface area contributed by atoms with Gasteiger partial charge in [0.15, 0.2) is 12.4 Å². The fraction of sp³-hybridized carbons (Fsp3) is 0.429. The number of benzene rings is 1. The Hall–Kier alpha value is -1.88. The molecule has 0 amide bonds. The summed E-state index contributed by atoms with van der Waals surface area (Å²) in [6.45, 7) is 5.94. The Morgan fingerprint density at radius 3 is 2.74 bits per heavy atom. The Morgan fingerprint density at radius 1 is 1.32 bits per heavy atom. The first-order valence-electron chi connectivity index (χ1n) is 6.29. The van der Waals surface area contributed by atoms with Gasteiger partial charge in [0, 0.05) is 5.92 Å². The van der Waals surface area contributed by atoms with E-state index < -0.39 is 6.10 Å². The van der Waals surface area contributed by atoms with Crippen LogP contribution in [0.2, 0.25) is 0 Å². The van der Waals surface area contributed by atoms with E-state index in [1.54, 1.807) is 13.0 Å². The summed E-state index contributed by atoms with van der Waals surface area (Å²) in [5, 5.41) is 13.4. The van der Waals surface area contributed by atoms with Gasteiger partial charge in [0.25, 0.3) is 5.89 Å². The zero-order valence-corrected chi connectivity index (χ0v) is 11.3. The summed E-state index contributed by atoms with van der Waals surface area (Å²) in [7, 11) is 0. The summed E-state index contributed by atoms with van der Waals surface area (Å²) in [6.07, 6.45) is -0.514. The zero-order valence-electron chi connectivity index (χ0n) is 11.3. The first-order valence-corrected chi connectivity index (χ1v) is 6.29. The third-order valence-electron chi connectivity index (χ3n) is 2.70. The van der Waals surface area contributed by atoms with E-state index in [0.717, 1.165) is 5.56 Å². The molecule has 0 aliphatic carbocycles. The van der Waals surface area contributed by atoms with Crippen LogP contribution in [0.1, 0.15) is 50.1 Å². The van der Waals surface area contributed by atoms with Gasteiger partial charge in [-0.3, -0.25) is 0 Å². The van der Waals surface area contributed by atoms with Crippen LogP contribution in [0, 0.1) is 0 Å². The van der Waals surface area contributed by atoms with Crippen LogP contribution >= 0.6 is 0 Å². The summed E-state index contributed by atoms with van der Waals surface area (Å²) in [4.78, 5) is 4.23. The fourth-order valence-corrected chi connectivity index (χ4v) is 1.57. The third kappa shape index (κ3) is 3.54. The molecule has 1 aromatic heterocycles. The van der Waals surface area contributed by atoms with E-state index in [2.05, 4.69) is 10.1 Å². The smallest absolute Gasteiger partial charge is 0.264 e. The number of ether oxygens (including phenoxy) is 1. The summed E-state index contributed by atoms with van der Waals surface area (Å²) >= 11 is 0. The van der Waals surface area contributed by atoms with Crippen LogP contribution in [0.15, 0.2) is 28.8 Å². The molecule has 0 aliphatic rings. The molecule has 102 valence electrons. The predicted octanol–water partition coefficient (Wildman–Crippen LogP) is 2.83. The van der Waals surface area contributed by atoms with Gasteiger partial charge >= 0.3 is 0 Å². The highest BCUT2D eigenvalue weighted by Crippen LogP contribution is 2.19. The van der Waals surface area contributed by atoms with Gasteiger partial charge in [-0.25, -0.2) is 0 Å². The molecule has 0 saturated carbocycles. The zero-order chi connectivity index (χ0) is 13.8. The average molecular weight is 262 g/mol. The lowest BCUT2D eigenvalue weighted by molar-refractivity contribution is 0.197. The van der Waals surface area contributed by atoms with Crippen molar-refractivity contribution in [2.45, 2.75) is 39.4 Å². The molecule has 1 unspecified atom stereocenters. The van der Waals surface area contributed by atoms with Gasteiger partial charge in [0.2, 0.25) is 0 Å². The monoisotopic (exact) mass is 262 g/mol. The van der Waals surface area contributed by atoms with E-state index in [0.29, 0.717) is 17.5 Å². The molecule has 0 spiro atoms. The van der Waals surface area contributed by atoms with Crippen LogP contribution in [0.5, 0.6) is 5.75 Å². The quantitative estimate of drug-likeness (QED) is 0.897. The largest absolute Gasteiger partial charge is 0.484 e. The summed E-state index contributed by atoms with van der Waals surface area (Å²) in [6, 6.07) is 7.31. The molecular formula is C14H18N2O3. The molecule has 1 aromatic carbocycles. The van der Waals surface area contributed by atoms with Crippen molar-refractivity contribution < 1.29 is 14.4 Å². The molecule has 19 heavy (non-hydrogen) atoms. The third-order valence-corrected chi connectivity index (χ3v) is 2.70.